The van der Waals surface area contributed by atoms with E-state index in [1.165, 1.54) is 22.5 Å². The number of hydrogen-bond acceptors (Lipinski definition) is 4. The Bertz CT molecular complexity index is 837. The lowest BCUT2D eigenvalue weighted by molar-refractivity contribution is -0.116. The number of rotatable bonds is 6. The second kappa shape index (κ2) is 7.40. The van der Waals surface area contributed by atoms with E-state index in [-0.39, 0.29) is 5.91 Å². The number of nitrogens with one attached hydrogen (secondary N) is 1. The van der Waals surface area contributed by atoms with Crippen molar-refractivity contribution in [2.24, 2.45) is 7.05 Å². The van der Waals surface area contributed by atoms with E-state index in [2.05, 4.69) is 34.5 Å². The Kier molecular flexibility index (Phi) is 5.05. The van der Waals surface area contributed by atoms with Gasteiger partial charge in [0.25, 0.3) is 0 Å². The zero-order valence-electron chi connectivity index (χ0n) is 13.8. The van der Waals surface area contributed by atoms with E-state index in [4.69, 9.17) is 0 Å². The third-order valence-corrected chi connectivity index (χ3v) is 4.74. The van der Waals surface area contributed by atoms with Gasteiger partial charge in [0.05, 0.1) is 6.20 Å². The molecule has 0 fully saturated rings. The molecule has 0 bridgehead atoms. The van der Waals surface area contributed by atoms with Crippen LogP contribution in [0, 0.1) is 6.92 Å². The summed E-state index contributed by atoms with van der Waals surface area (Å²) in [6.07, 6.45) is 7.51. The first-order valence-electron chi connectivity index (χ1n) is 7.87. The van der Waals surface area contributed by atoms with Gasteiger partial charge in [-0.2, -0.15) is 5.10 Å². The Balaban J connectivity index is 1.53. The Morgan fingerprint density at radius 2 is 2.12 bits per heavy atom. The van der Waals surface area contributed by atoms with Gasteiger partial charge in [0.2, 0.25) is 5.91 Å². The topological polar surface area (TPSA) is 59.8 Å². The van der Waals surface area contributed by atoms with Gasteiger partial charge in [-0.3, -0.25) is 9.48 Å². The molecule has 124 valence electrons. The molecule has 0 aliphatic carbocycles. The first kappa shape index (κ1) is 16.4. The van der Waals surface area contributed by atoms with Crippen molar-refractivity contribution in [3.05, 3.63) is 64.4 Å². The molecule has 0 saturated heterocycles. The van der Waals surface area contributed by atoms with E-state index < -0.39 is 0 Å². The molecule has 24 heavy (non-hydrogen) atoms. The molecule has 0 atom stereocenters. The minimum Gasteiger partial charge on any atom is -0.302 e. The summed E-state index contributed by atoms with van der Waals surface area (Å²) >= 11 is 1.53. The Morgan fingerprint density at radius 1 is 1.29 bits per heavy atom. The molecular weight excluding hydrogens is 320 g/mol. The van der Waals surface area contributed by atoms with E-state index in [0.717, 1.165) is 16.9 Å². The first-order chi connectivity index (χ1) is 11.6. The van der Waals surface area contributed by atoms with Crippen LogP contribution in [0.2, 0.25) is 0 Å². The third kappa shape index (κ3) is 4.29. The summed E-state index contributed by atoms with van der Waals surface area (Å²) in [6.45, 7) is 2.11. The fourth-order valence-electron chi connectivity index (χ4n) is 2.48. The molecule has 0 aliphatic heterocycles. The smallest absolute Gasteiger partial charge is 0.226 e. The minimum atomic E-state index is -0.0179. The number of aryl methyl sites for hydroxylation is 3. The van der Waals surface area contributed by atoms with Gasteiger partial charge < -0.3 is 5.32 Å². The maximum atomic E-state index is 12.0. The van der Waals surface area contributed by atoms with Crippen molar-refractivity contribution >= 4 is 22.4 Å². The molecule has 3 aromatic rings. The molecule has 0 spiro atoms. The van der Waals surface area contributed by atoms with Crippen LogP contribution in [-0.4, -0.2) is 20.7 Å². The van der Waals surface area contributed by atoms with Crippen LogP contribution in [0.5, 0.6) is 0 Å². The van der Waals surface area contributed by atoms with Crippen molar-refractivity contribution in [2.45, 2.75) is 26.2 Å². The van der Waals surface area contributed by atoms with Crippen LogP contribution in [0.15, 0.2) is 42.9 Å². The second-order valence-corrected chi connectivity index (χ2v) is 6.92. The highest BCUT2D eigenvalue weighted by Crippen LogP contribution is 2.22. The summed E-state index contributed by atoms with van der Waals surface area (Å²) in [4.78, 5) is 17.5. The van der Waals surface area contributed by atoms with Gasteiger partial charge in [0, 0.05) is 37.2 Å². The first-order valence-corrected chi connectivity index (χ1v) is 8.68. The van der Waals surface area contributed by atoms with Crippen LogP contribution in [0.1, 0.15) is 28.0 Å². The fourth-order valence-corrected chi connectivity index (χ4v) is 3.34. The summed E-state index contributed by atoms with van der Waals surface area (Å²) in [5, 5.41) is 7.65. The number of amides is 1. The molecule has 5 nitrogen and oxygen atoms in total. The van der Waals surface area contributed by atoms with Gasteiger partial charge in [-0.1, -0.05) is 24.3 Å². The maximum absolute atomic E-state index is 12.0. The molecule has 0 unspecified atom stereocenters. The molecule has 2 heterocycles. The molecule has 6 heteroatoms. The maximum Gasteiger partial charge on any atom is 0.226 e. The zero-order valence-corrected chi connectivity index (χ0v) is 14.6. The van der Waals surface area contributed by atoms with E-state index >= 15 is 0 Å². The Hall–Kier alpha value is -2.47. The monoisotopic (exact) mass is 340 g/mol. The number of nitrogens with zero attached hydrogens (tertiary/aromatic N) is 3. The van der Waals surface area contributed by atoms with E-state index in [9.17, 15) is 4.79 Å². The second-order valence-electron chi connectivity index (χ2n) is 5.81. The van der Waals surface area contributed by atoms with Crippen LogP contribution in [-0.2, 0) is 24.7 Å². The number of hydrogen-bond donors (Lipinski definition) is 1. The average molecular weight is 340 g/mol. The minimum absolute atomic E-state index is 0.0179. The highest BCUT2D eigenvalue weighted by Gasteiger charge is 2.09. The summed E-state index contributed by atoms with van der Waals surface area (Å²) in [5.74, 6) is -0.0179. The van der Waals surface area contributed by atoms with Gasteiger partial charge in [0.15, 0.2) is 5.13 Å². The Morgan fingerprint density at radius 3 is 2.88 bits per heavy atom. The highest BCUT2D eigenvalue weighted by molar-refractivity contribution is 7.15. The number of aromatic nitrogens is 3. The third-order valence-electron chi connectivity index (χ3n) is 3.82. The van der Waals surface area contributed by atoms with Gasteiger partial charge in [0.1, 0.15) is 0 Å². The fraction of sp³-hybridized carbons (Fsp3) is 0.278. The van der Waals surface area contributed by atoms with E-state index in [1.807, 2.05) is 31.6 Å². The number of carbonyl (C=O) groups excluding carboxylic acids is 1. The van der Waals surface area contributed by atoms with Gasteiger partial charge >= 0.3 is 0 Å². The number of anilines is 1. The van der Waals surface area contributed by atoms with Crippen LogP contribution >= 0.6 is 11.3 Å². The lowest BCUT2D eigenvalue weighted by Gasteiger charge is -2.02. The van der Waals surface area contributed by atoms with Crippen LogP contribution in [0.3, 0.4) is 0 Å². The van der Waals surface area contributed by atoms with Gasteiger partial charge in [-0.15, -0.1) is 11.3 Å². The van der Waals surface area contributed by atoms with Crippen molar-refractivity contribution < 1.29 is 4.79 Å². The lowest BCUT2D eigenvalue weighted by atomic mass is 10.1. The van der Waals surface area contributed by atoms with Gasteiger partial charge in [-0.25, -0.2) is 4.98 Å². The van der Waals surface area contributed by atoms with Crippen LogP contribution < -0.4 is 5.32 Å². The molecule has 0 radical (unpaired) electrons. The van der Waals surface area contributed by atoms with E-state index in [0.29, 0.717) is 18.0 Å². The van der Waals surface area contributed by atoms with Gasteiger partial charge in [-0.05, 0) is 30.0 Å². The van der Waals surface area contributed by atoms with Crippen molar-refractivity contribution in [1.82, 2.24) is 14.8 Å². The quantitative estimate of drug-likeness (QED) is 0.748. The van der Waals surface area contributed by atoms with E-state index in [1.54, 1.807) is 10.9 Å². The molecule has 1 N–H and O–H groups in total. The lowest BCUT2D eigenvalue weighted by Crippen LogP contribution is -2.11. The van der Waals surface area contributed by atoms with Crippen molar-refractivity contribution in [3.8, 4) is 0 Å². The van der Waals surface area contributed by atoms with Crippen molar-refractivity contribution in [1.29, 1.82) is 0 Å². The predicted octanol–water partition coefficient (Wildman–Crippen LogP) is 3.35. The van der Waals surface area contributed by atoms with Crippen molar-refractivity contribution in [2.75, 3.05) is 5.32 Å². The molecule has 1 aromatic carbocycles. The molecule has 3 rings (SSSR count). The zero-order chi connectivity index (χ0) is 16.9. The summed E-state index contributed by atoms with van der Waals surface area (Å²) < 4.78 is 1.74. The highest BCUT2D eigenvalue weighted by atomic mass is 32.1. The summed E-state index contributed by atoms with van der Waals surface area (Å²) in [5.41, 5.74) is 3.62. The molecule has 2 aromatic heterocycles. The summed E-state index contributed by atoms with van der Waals surface area (Å²) in [6, 6.07) is 8.32. The summed E-state index contributed by atoms with van der Waals surface area (Å²) in [7, 11) is 1.87. The number of thiazole rings is 1. The Labute approximate surface area is 145 Å². The molecule has 1 amide bonds. The average Bonchev–Trinajstić information content (AvgIpc) is 3.17. The largest absolute Gasteiger partial charge is 0.302 e. The molecule has 0 aliphatic rings. The number of benzene rings is 1. The molecular formula is C18H20N4OS. The predicted molar refractivity (Wildman–Crippen MR) is 96.3 cm³/mol. The SMILES string of the molecule is Cc1ccccc1Cc1cnc(NC(=O)CCc2cnn(C)c2)s1. The van der Waals surface area contributed by atoms with Crippen LogP contribution in [0.4, 0.5) is 5.13 Å². The van der Waals surface area contributed by atoms with Crippen LogP contribution in [0.25, 0.3) is 0 Å². The standard InChI is InChI=1S/C18H20N4OS/c1-13-5-3-4-6-15(13)9-16-11-19-18(24-16)21-17(23)8-7-14-10-20-22(2)12-14/h3-6,10-12H,7-9H2,1-2H3,(H,19,21,23). The number of carbonyl (C=O) groups is 1. The molecule has 0 saturated carbocycles. The normalized spacial score (nSPS) is 10.8. The van der Waals surface area contributed by atoms with Crippen molar-refractivity contribution in [3.63, 3.8) is 0 Å².